The second kappa shape index (κ2) is 5.75. The molecule has 0 aliphatic carbocycles. The number of carbonyl (C=O) groups excluding carboxylic acids is 1. The summed E-state index contributed by atoms with van der Waals surface area (Å²) in [4.78, 5) is 13.3. The first-order valence-corrected chi connectivity index (χ1v) is 6.64. The van der Waals surface area contributed by atoms with Gasteiger partial charge in [-0.1, -0.05) is 0 Å². The summed E-state index contributed by atoms with van der Waals surface area (Å²) in [5.41, 5.74) is 0. The van der Waals surface area contributed by atoms with E-state index in [1.807, 2.05) is 25.7 Å². The number of carbonyl (C=O) groups is 1. The van der Waals surface area contributed by atoms with Gasteiger partial charge in [0.05, 0.1) is 6.54 Å². The first-order valence-electron chi connectivity index (χ1n) is 5.66. The normalized spacial score (nSPS) is 25.5. The molecule has 88 valence electrons. The number of hydrogen-bond donors (Lipinski definition) is 1. The molecule has 1 fully saturated rings. The van der Waals surface area contributed by atoms with E-state index in [0.29, 0.717) is 11.3 Å². The number of nitrogens with zero attached hydrogens (tertiary/aromatic N) is 1. The van der Waals surface area contributed by atoms with Gasteiger partial charge < -0.3 is 10.2 Å². The van der Waals surface area contributed by atoms with Gasteiger partial charge in [-0.3, -0.25) is 4.79 Å². The van der Waals surface area contributed by atoms with Gasteiger partial charge in [0.15, 0.2) is 0 Å². The predicted molar refractivity (Wildman–Crippen MR) is 66.3 cm³/mol. The fourth-order valence-corrected chi connectivity index (χ4v) is 3.00. The van der Waals surface area contributed by atoms with Gasteiger partial charge >= 0.3 is 0 Å². The summed E-state index contributed by atoms with van der Waals surface area (Å²) < 4.78 is 0.352. The summed E-state index contributed by atoms with van der Waals surface area (Å²) in [7, 11) is 1.84. The van der Waals surface area contributed by atoms with Gasteiger partial charge in [-0.05, 0) is 32.4 Å². The highest BCUT2D eigenvalue weighted by Crippen LogP contribution is 2.36. The third kappa shape index (κ3) is 4.03. The van der Waals surface area contributed by atoms with Crippen LogP contribution in [0.5, 0.6) is 0 Å². The Bertz CT molecular complexity index is 215. The lowest BCUT2D eigenvalue weighted by Crippen LogP contribution is -2.40. The average molecular weight is 230 g/mol. The molecule has 0 saturated carbocycles. The van der Waals surface area contributed by atoms with Crippen LogP contribution in [-0.2, 0) is 4.79 Å². The van der Waals surface area contributed by atoms with Crippen LogP contribution in [-0.4, -0.2) is 48.0 Å². The van der Waals surface area contributed by atoms with Crippen molar-refractivity contribution in [2.75, 3.05) is 32.4 Å². The summed E-state index contributed by atoms with van der Waals surface area (Å²) in [6, 6.07) is 0. The van der Waals surface area contributed by atoms with Crippen LogP contribution in [0.15, 0.2) is 0 Å². The first-order chi connectivity index (χ1) is 7.07. The zero-order valence-corrected chi connectivity index (χ0v) is 10.8. The third-order valence-electron chi connectivity index (χ3n) is 2.98. The molecule has 0 spiro atoms. The molecule has 1 saturated heterocycles. The molecular weight excluding hydrogens is 208 g/mol. The van der Waals surface area contributed by atoms with E-state index in [9.17, 15) is 4.79 Å². The number of amides is 1. The quantitative estimate of drug-likeness (QED) is 0.773. The van der Waals surface area contributed by atoms with E-state index in [4.69, 9.17) is 0 Å². The highest BCUT2D eigenvalue weighted by Gasteiger charge is 2.28. The van der Waals surface area contributed by atoms with Gasteiger partial charge in [-0.15, -0.1) is 0 Å². The second-order valence-corrected chi connectivity index (χ2v) is 6.10. The van der Waals surface area contributed by atoms with E-state index in [2.05, 4.69) is 12.2 Å². The van der Waals surface area contributed by atoms with Crippen LogP contribution >= 0.6 is 11.8 Å². The molecule has 0 bridgehead atoms. The van der Waals surface area contributed by atoms with Gasteiger partial charge in [0.2, 0.25) is 5.91 Å². The molecule has 1 aliphatic rings. The number of rotatable bonds is 5. The minimum absolute atomic E-state index is 0.184. The van der Waals surface area contributed by atoms with Crippen molar-refractivity contribution in [1.29, 1.82) is 0 Å². The molecule has 1 N–H and O–H groups in total. The fourth-order valence-electron chi connectivity index (χ4n) is 1.72. The molecule has 0 aromatic heterocycles. The fraction of sp³-hybridized carbons (Fsp3) is 0.909. The largest absolute Gasteiger partial charge is 0.345 e. The molecule has 1 atom stereocenters. The first kappa shape index (κ1) is 12.8. The number of nitrogens with one attached hydrogen (secondary N) is 1. The van der Waals surface area contributed by atoms with Gasteiger partial charge in [0, 0.05) is 24.9 Å². The number of likely N-dealkylation sites (N-methyl/N-ethyl adjacent to an activating group) is 1. The van der Waals surface area contributed by atoms with Crippen molar-refractivity contribution in [3.63, 3.8) is 0 Å². The summed E-state index contributed by atoms with van der Waals surface area (Å²) in [6.45, 7) is 6.48. The topological polar surface area (TPSA) is 32.3 Å². The Kier molecular flexibility index (Phi) is 4.93. The Morgan fingerprint density at radius 1 is 1.60 bits per heavy atom. The molecule has 1 rings (SSSR count). The minimum atomic E-state index is 0.184. The highest BCUT2D eigenvalue weighted by atomic mass is 32.2. The molecule has 4 heteroatoms. The third-order valence-corrected chi connectivity index (χ3v) is 4.51. The highest BCUT2D eigenvalue weighted by molar-refractivity contribution is 8.00. The van der Waals surface area contributed by atoms with Crippen molar-refractivity contribution >= 4 is 17.7 Å². The molecule has 15 heavy (non-hydrogen) atoms. The lowest BCUT2D eigenvalue weighted by molar-refractivity contribution is -0.128. The second-order valence-electron chi connectivity index (χ2n) is 4.41. The van der Waals surface area contributed by atoms with Crippen molar-refractivity contribution in [2.24, 2.45) is 0 Å². The monoisotopic (exact) mass is 230 g/mol. The Morgan fingerprint density at radius 2 is 2.33 bits per heavy atom. The molecule has 1 aliphatic heterocycles. The predicted octanol–water partition coefficient (Wildman–Crippen LogP) is 1.34. The Hall–Kier alpha value is -0.220. The van der Waals surface area contributed by atoms with E-state index in [1.165, 1.54) is 18.6 Å². The van der Waals surface area contributed by atoms with Crippen LogP contribution in [0.1, 0.15) is 26.7 Å². The van der Waals surface area contributed by atoms with Gasteiger partial charge in [-0.2, -0.15) is 11.8 Å². The van der Waals surface area contributed by atoms with Crippen molar-refractivity contribution in [1.82, 2.24) is 10.2 Å². The van der Waals surface area contributed by atoms with E-state index < -0.39 is 0 Å². The van der Waals surface area contributed by atoms with Gasteiger partial charge in [-0.25, -0.2) is 0 Å². The van der Waals surface area contributed by atoms with E-state index >= 15 is 0 Å². The Morgan fingerprint density at radius 3 is 2.87 bits per heavy atom. The lowest BCUT2D eigenvalue weighted by atomic mass is 10.1. The molecule has 3 nitrogen and oxygen atoms in total. The van der Waals surface area contributed by atoms with Crippen LogP contribution in [0, 0.1) is 0 Å². The van der Waals surface area contributed by atoms with Gasteiger partial charge in [0.1, 0.15) is 0 Å². The lowest BCUT2D eigenvalue weighted by Gasteiger charge is -2.23. The van der Waals surface area contributed by atoms with Crippen molar-refractivity contribution in [3.05, 3.63) is 0 Å². The minimum Gasteiger partial charge on any atom is -0.345 e. The Balaban J connectivity index is 2.18. The average Bonchev–Trinajstić information content (AvgIpc) is 2.64. The van der Waals surface area contributed by atoms with Crippen LogP contribution in [0.25, 0.3) is 0 Å². The number of thioether (sulfide) groups is 1. The SMILES string of the molecule is CCN(C)C(=O)CNCC1(C)CCCS1. The standard InChI is InChI=1S/C11H22N2OS/c1-4-13(3)10(14)8-12-9-11(2)6-5-7-15-11/h12H,4-9H2,1-3H3. The summed E-state index contributed by atoms with van der Waals surface area (Å²) in [5.74, 6) is 1.45. The maximum atomic E-state index is 11.5. The van der Waals surface area contributed by atoms with Crippen LogP contribution < -0.4 is 5.32 Å². The van der Waals surface area contributed by atoms with Gasteiger partial charge in [0.25, 0.3) is 0 Å². The van der Waals surface area contributed by atoms with E-state index in [1.54, 1.807) is 4.90 Å². The molecule has 0 radical (unpaired) electrons. The smallest absolute Gasteiger partial charge is 0.236 e. The van der Waals surface area contributed by atoms with Crippen LogP contribution in [0.4, 0.5) is 0 Å². The molecule has 0 aromatic carbocycles. The van der Waals surface area contributed by atoms with E-state index in [0.717, 1.165) is 13.1 Å². The van der Waals surface area contributed by atoms with Crippen molar-refractivity contribution in [2.45, 2.75) is 31.4 Å². The maximum absolute atomic E-state index is 11.5. The summed E-state index contributed by atoms with van der Waals surface area (Å²) >= 11 is 2.02. The molecule has 1 heterocycles. The van der Waals surface area contributed by atoms with Crippen LogP contribution in [0.3, 0.4) is 0 Å². The zero-order valence-electron chi connectivity index (χ0n) is 10.0. The molecule has 1 unspecified atom stereocenters. The summed E-state index contributed by atoms with van der Waals surface area (Å²) in [5, 5.41) is 3.27. The maximum Gasteiger partial charge on any atom is 0.236 e. The van der Waals surface area contributed by atoms with Crippen molar-refractivity contribution < 1.29 is 4.79 Å². The van der Waals surface area contributed by atoms with Crippen LogP contribution in [0.2, 0.25) is 0 Å². The van der Waals surface area contributed by atoms with E-state index in [-0.39, 0.29) is 5.91 Å². The zero-order chi connectivity index (χ0) is 11.3. The molecular formula is C11H22N2OS. The van der Waals surface area contributed by atoms with Crippen molar-refractivity contribution in [3.8, 4) is 0 Å². The molecule has 0 aromatic rings. The molecule has 1 amide bonds. The number of hydrogen-bond acceptors (Lipinski definition) is 3. The summed E-state index contributed by atoms with van der Waals surface area (Å²) in [6.07, 6.45) is 2.58. The Labute approximate surface area is 97.0 Å².